The lowest BCUT2D eigenvalue weighted by Gasteiger charge is -2.11. The molecule has 4 aromatic rings. The predicted octanol–water partition coefficient (Wildman–Crippen LogP) is 5.64. The highest BCUT2D eigenvalue weighted by molar-refractivity contribution is 7.98. The number of hydrogen-bond donors (Lipinski definition) is 0. The highest BCUT2D eigenvalue weighted by Crippen LogP contribution is 2.33. The van der Waals surface area contributed by atoms with Gasteiger partial charge in [0.25, 0.3) is 5.56 Å². The van der Waals surface area contributed by atoms with E-state index in [2.05, 4.69) is 31.4 Å². The van der Waals surface area contributed by atoms with Crippen LogP contribution >= 0.6 is 34.4 Å². The van der Waals surface area contributed by atoms with Crippen molar-refractivity contribution < 1.29 is 4.74 Å². The van der Waals surface area contributed by atoms with Crippen molar-refractivity contribution in [1.29, 1.82) is 0 Å². The van der Waals surface area contributed by atoms with Crippen LogP contribution in [0.1, 0.15) is 30.5 Å². The Morgan fingerprint density at radius 1 is 1.20 bits per heavy atom. The average molecular weight is 458 g/mol. The van der Waals surface area contributed by atoms with Gasteiger partial charge >= 0.3 is 0 Å². The molecular formula is C22H23N3O2S3. The third-order valence-electron chi connectivity index (χ3n) is 4.61. The summed E-state index contributed by atoms with van der Waals surface area (Å²) in [6.45, 7) is 5.24. The van der Waals surface area contributed by atoms with Crippen LogP contribution in [0, 0.1) is 0 Å². The molecule has 0 spiro atoms. The fourth-order valence-corrected chi connectivity index (χ4v) is 5.96. The Labute approximate surface area is 187 Å². The van der Waals surface area contributed by atoms with Crippen molar-refractivity contribution in [3.63, 3.8) is 0 Å². The van der Waals surface area contributed by atoms with Crippen LogP contribution in [0.2, 0.25) is 0 Å². The Kier molecular flexibility index (Phi) is 6.67. The number of rotatable bonds is 8. The summed E-state index contributed by atoms with van der Waals surface area (Å²) in [7, 11) is 1.64. The minimum Gasteiger partial charge on any atom is -0.383 e. The molecule has 0 aliphatic rings. The zero-order valence-electron chi connectivity index (χ0n) is 17.1. The van der Waals surface area contributed by atoms with Crippen molar-refractivity contribution >= 4 is 44.7 Å². The van der Waals surface area contributed by atoms with Crippen molar-refractivity contribution in [2.45, 2.75) is 37.2 Å². The molecule has 0 saturated carbocycles. The highest BCUT2D eigenvalue weighted by atomic mass is 32.2. The van der Waals surface area contributed by atoms with Gasteiger partial charge in [0.05, 0.1) is 29.2 Å². The van der Waals surface area contributed by atoms with Gasteiger partial charge in [-0.15, -0.1) is 22.7 Å². The summed E-state index contributed by atoms with van der Waals surface area (Å²) in [5, 5.41) is 4.61. The third kappa shape index (κ3) is 4.51. The van der Waals surface area contributed by atoms with Gasteiger partial charge in [-0.3, -0.25) is 9.36 Å². The van der Waals surface area contributed by atoms with Gasteiger partial charge in [-0.1, -0.05) is 55.9 Å². The van der Waals surface area contributed by atoms with E-state index < -0.39 is 0 Å². The van der Waals surface area contributed by atoms with Crippen LogP contribution in [0.15, 0.2) is 51.7 Å². The van der Waals surface area contributed by atoms with Crippen LogP contribution < -0.4 is 5.56 Å². The maximum absolute atomic E-state index is 13.3. The number of benzene rings is 1. The first-order chi connectivity index (χ1) is 14.6. The molecule has 3 heterocycles. The standard InChI is InChI=1S/C22H23N3O2S3/c1-14(2)19-23-16(12-28-19)13-29-22-24-20-17(21(26)25(22)9-10-27-3)11-18(30-20)15-7-5-4-6-8-15/h4-8,11-12,14H,9-10,13H2,1-3H3. The number of methoxy groups -OCH3 is 1. The Balaban J connectivity index is 1.69. The number of nitrogens with zero attached hydrogens (tertiary/aromatic N) is 3. The minimum atomic E-state index is -0.0147. The van der Waals surface area contributed by atoms with E-state index in [1.165, 1.54) is 0 Å². The van der Waals surface area contributed by atoms with Gasteiger partial charge in [-0.2, -0.15) is 0 Å². The lowest BCUT2D eigenvalue weighted by Crippen LogP contribution is -2.24. The van der Waals surface area contributed by atoms with Gasteiger partial charge in [0.2, 0.25) is 0 Å². The zero-order chi connectivity index (χ0) is 21.1. The number of fused-ring (bicyclic) bond motifs is 1. The molecule has 5 nitrogen and oxygen atoms in total. The van der Waals surface area contributed by atoms with E-state index in [4.69, 9.17) is 14.7 Å². The summed E-state index contributed by atoms with van der Waals surface area (Å²) in [4.78, 5) is 24.6. The molecule has 30 heavy (non-hydrogen) atoms. The summed E-state index contributed by atoms with van der Waals surface area (Å²) in [5.41, 5.74) is 2.11. The molecule has 0 saturated heterocycles. The maximum atomic E-state index is 13.3. The summed E-state index contributed by atoms with van der Waals surface area (Å²) in [5.74, 6) is 1.11. The quantitative estimate of drug-likeness (QED) is 0.253. The molecule has 0 aliphatic heterocycles. The molecule has 0 radical (unpaired) electrons. The van der Waals surface area contributed by atoms with Crippen molar-refractivity contribution in [2.24, 2.45) is 0 Å². The lowest BCUT2D eigenvalue weighted by atomic mass is 10.2. The minimum absolute atomic E-state index is 0.0147. The normalized spacial score (nSPS) is 11.6. The molecule has 3 aromatic heterocycles. The number of thiazole rings is 1. The van der Waals surface area contributed by atoms with E-state index in [-0.39, 0.29) is 5.56 Å². The van der Waals surface area contributed by atoms with Crippen molar-refractivity contribution in [2.75, 3.05) is 13.7 Å². The molecule has 0 fully saturated rings. The largest absolute Gasteiger partial charge is 0.383 e. The van der Waals surface area contributed by atoms with Crippen LogP contribution in [0.5, 0.6) is 0 Å². The predicted molar refractivity (Wildman–Crippen MR) is 127 cm³/mol. The van der Waals surface area contributed by atoms with E-state index in [0.29, 0.717) is 35.4 Å². The second-order valence-corrected chi connectivity index (χ2v) is 10.0. The van der Waals surface area contributed by atoms with Gasteiger partial charge < -0.3 is 4.74 Å². The van der Waals surface area contributed by atoms with Crippen molar-refractivity contribution in [1.82, 2.24) is 14.5 Å². The molecular weight excluding hydrogens is 434 g/mol. The van der Waals surface area contributed by atoms with Gasteiger partial charge in [-0.05, 0) is 11.6 Å². The van der Waals surface area contributed by atoms with Crippen LogP contribution in [-0.2, 0) is 17.0 Å². The molecule has 0 atom stereocenters. The summed E-state index contributed by atoms with van der Waals surface area (Å²) in [6.07, 6.45) is 0. The van der Waals surface area contributed by atoms with Crippen LogP contribution in [0.3, 0.4) is 0 Å². The average Bonchev–Trinajstić information content (AvgIpc) is 3.40. The molecule has 0 bridgehead atoms. The van der Waals surface area contributed by atoms with Crippen LogP contribution in [0.4, 0.5) is 0 Å². The number of aromatic nitrogens is 3. The molecule has 156 valence electrons. The molecule has 1 aromatic carbocycles. The number of ether oxygens (including phenoxy) is 1. The third-order valence-corrected chi connectivity index (χ3v) is 7.89. The number of thiophene rings is 1. The van der Waals surface area contributed by atoms with E-state index >= 15 is 0 Å². The maximum Gasteiger partial charge on any atom is 0.263 e. The molecule has 0 aliphatic carbocycles. The fraction of sp³-hybridized carbons (Fsp3) is 0.318. The monoisotopic (exact) mass is 457 g/mol. The second-order valence-electron chi connectivity index (χ2n) is 7.16. The molecule has 0 unspecified atom stereocenters. The Morgan fingerprint density at radius 2 is 2.00 bits per heavy atom. The first-order valence-corrected chi connectivity index (χ1v) is 12.4. The van der Waals surface area contributed by atoms with Gasteiger partial charge in [0.15, 0.2) is 5.16 Å². The molecule has 8 heteroatoms. The van der Waals surface area contributed by atoms with E-state index in [0.717, 1.165) is 26.0 Å². The number of thioether (sulfide) groups is 1. The SMILES string of the molecule is COCCn1c(SCc2csc(C(C)C)n2)nc2sc(-c3ccccc3)cc2c1=O. The Hall–Kier alpha value is -2.00. The van der Waals surface area contributed by atoms with Crippen molar-refractivity contribution in [3.8, 4) is 10.4 Å². The fourth-order valence-electron chi connectivity index (χ4n) is 3.02. The van der Waals surface area contributed by atoms with Crippen LogP contribution in [-0.4, -0.2) is 28.3 Å². The van der Waals surface area contributed by atoms with E-state index in [1.54, 1.807) is 46.1 Å². The summed E-state index contributed by atoms with van der Waals surface area (Å²) >= 11 is 4.80. The Bertz CT molecular complexity index is 1200. The molecule has 0 N–H and O–H groups in total. The van der Waals surface area contributed by atoms with Gasteiger partial charge in [-0.25, -0.2) is 9.97 Å². The smallest absolute Gasteiger partial charge is 0.263 e. The molecule has 0 amide bonds. The van der Waals surface area contributed by atoms with Gasteiger partial charge in [0.1, 0.15) is 4.83 Å². The summed E-state index contributed by atoms with van der Waals surface area (Å²) in [6, 6.07) is 12.1. The van der Waals surface area contributed by atoms with E-state index in [1.807, 2.05) is 24.3 Å². The summed E-state index contributed by atoms with van der Waals surface area (Å²) < 4.78 is 6.96. The van der Waals surface area contributed by atoms with Crippen molar-refractivity contribution in [3.05, 3.63) is 62.8 Å². The first kappa shape index (κ1) is 21.2. The lowest BCUT2D eigenvalue weighted by molar-refractivity contribution is 0.183. The van der Waals surface area contributed by atoms with E-state index in [9.17, 15) is 4.79 Å². The zero-order valence-corrected chi connectivity index (χ0v) is 19.6. The topological polar surface area (TPSA) is 57.0 Å². The highest BCUT2D eigenvalue weighted by Gasteiger charge is 2.16. The van der Waals surface area contributed by atoms with Gasteiger partial charge in [0, 0.05) is 29.0 Å². The van der Waals surface area contributed by atoms with Crippen LogP contribution in [0.25, 0.3) is 20.7 Å². The molecule has 4 rings (SSSR count). The first-order valence-electron chi connectivity index (χ1n) is 9.72. The second kappa shape index (κ2) is 9.43. The number of hydrogen-bond acceptors (Lipinski definition) is 7. The Morgan fingerprint density at radius 3 is 2.70 bits per heavy atom.